The molecule has 0 bridgehead atoms. The molecule has 3 aromatic rings. The van der Waals surface area contributed by atoms with Gasteiger partial charge in [0.15, 0.2) is 0 Å². The molecule has 0 atom stereocenters. The molecule has 1 aromatic heterocycles. The minimum Gasteiger partial charge on any atom is -0.493 e. The second kappa shape index (κ2) is 10.8. The molecule has 7 nitrogen and oxygen atoms in total. The predicted octanol–water partition coefficient (Wildman–Crippen LogP) is 4.49. The molecular weight excluding hydrogens is 396 g/mol. The zero-order valence-corrected chi connectivity index (χ0v) is 17.5. The third-order valence-corrected chi connectivity index (χ3v) is 4.29. The number of pyridine rings is 1. The molecule has 1 heterocycles. The van der Waals surface area contributed by atoms with Gasteiger partial charge >= 0.3 is 5.97 Å². The van der Waals surface area contributed by atoms with Gasteiger partial charge in [0.05, 0.1) is 19.3 Å². The fourth-order valence-electron chi connectivity index (χ4n) is 2.73. The zero-order valence-electron chi connectivity index (χ0n) is 17.5. The first-order valence-electron chi connectivity index (χ1n) is 9.89. The summed E-state index contributed by atoms with van der Waals surface area (Å²) in [6, 6.07) is 17.9. The van der Waals surface area contributed by atoms with E-state index in [1.54, 1.807) is 18.2 Å². The van der Waals surface area contributed by atoms with Gasteiger partial charge in [0.2, 0.25) is 0 Å². The lowest BCUT2D eigenvalue weighted by Gasteiger charge is -2.12. The van der Waals surface area contributed by atoms with Gasteiger partial charge in [-0.05, 0) is 36.2 Å². The number of hydrogen-bond acceptors (Lipinski definition) is 6. The maximum atomic E-state index is 12.8. The maximum Gasteiger partial charge on any atom is 0.339 e. The molecule has 1 amide bonds. The van der Waals surface area contributed by atoms with Crippen LogP contribution in [0.1, 0.15) is 39.6 Å². The normalized spacial score (nSPS) is 10.3. The molecule has 7 heteroatoms. The van der Waals surface area contributed by atoms with Crippen molar-refractivity contribution in [3.63, 3.8) is 0 Å². The molecule has 0 radical (unpaired) electrons. The van der Waals surface area contributed by atoms with Crippen LogP contribution in [0.15, 0.2) is 66.9 Å². The highest BCUT2D eigenvalue weighted by Gasteiger charge is 2.13. The number of nitrogens with one attached hydrogen (secondary N) is 1. The summed E-state index contributed by atoms with van der Waals surface area (Å²) >= 11 is 0. The Balaban J connectivity index is 1.75. The minimum absolute atomic E-state index is 0.298. The van der Waals surface area contributed by atoms with Gasteiger partial charge in [-0.2, -0.15) is 0 Å². The van der Waals surface area contributed by atoms with Gasteiger partial charge in [-0.15, -0.1) is 0 Å². The third kappa shape index (κ3) is 6.30. The highest BCUT2D eigenvalue weighted by molar-refractivity contribution is 6.04. The van der Waals surface area contributed by atoms with E-state index in [0.29, 0.717) is 41.7 Å². The first kappa shape index (κ1) is 21.8. The molecule has 3 rings (SSSR count). The third-order valence-electron chi connectivity index (χ3n) is 4.29. The Morgan fingerprint density at radius 2 is 1.68 bits per heavy atom. The van der Waals surface area contributed by atoms with Crippen molar-refractivity contribution in [2.45, 2.75) is 20.0 Å². The number of ether oxygens (including phenoxy) is 3. The average molecular weight is 420 g/mol. The zero-order chi connectivity index (χ0) is 22.1. The topological polar surface area (TPSA) is 86.8 Å². The highest BCUT2D eigenvalue weighted by Crippen LogP contribution is 2.25. The number of nitrogens with zero attached hydrogens (tertiary/aromatic N) is 1. The van der Waals surface area contributed by atoms with Gasteiger partial charge in [-0.25, -0.2) is 9.78 Å². The van der Waals surface area contributed by atoms with Gasteiger partial charge in [0.1, 0.15) is 23.9 Å². The molecule has 0 spiro atoms. The van der Waals surface area contributed by atoms with Crippen LogP contribution in [0.25, 0.3) is 0 Å². The van der Waals surface area contributed by atoms with Gasteiger partial charge in [0, 0.05) is 17.8 Å². The molecule has 0 unspecified atom stereocenters. The summed E-state index contributed by atoms with van der Waals surface area (Å²) in [5, 5.41) is 2.71. The number of hydrogen-bond donors (Lipinski definition) is 1. The van der Waals surface area contributed by atoms with E-state index >= 15 is 0 Å². The lowest BCUT2D eigenvalue weighted by molar-refractivity contribution is 0.0600. The van der Waals surface area contributed by atoms with E-state index in [-0.39, 0.29) is 5.91 Å². The Hall–Kier alpha value is -3.87. The smallest absolute Gasteiger partial charge is 0.339 e. The number of esters is 1. The van der Waals surface area contributed by atoms with E-state index in [9.17, 15) is 9.59 Å². The second-order valence-corrected chi connectivity index (χ2v) is 6.69. The number of rotatable bonds is 9. The van der Waals surface area contributed by atoms with Crippen molar-refractivity contribution in [1.29, 1.82) is 0 Å². The van der Waals surface area contributed by atoms with Gasteiger partial charge in [-0.1, -0.05) is 37.3 Å². The van der Waals surface area contributed by atoms with Crippen molar-refractivity contribution in [3.05, 3.63) is 83.6 Å². The van der Waals surface area contributed by atoms with E-state index in [1.807, 2.05) is 37.3 Å². The molecule has 0 saturated heterocycles. The van der Waals surface area contributed by atoms with E-state index in [1.165, 1.54) is 25.4 Å². The van der Waals surface area contributed by atoms with E-state index in [4.69, 9.17) is 9.47 Å². The van der Waals surface area contributed by atoms with Crippen LogP contribution in [0.2, 0.25) is 0 Å². The Morgan fingerprint density at radius 1 is 0.935 bits per heavy atom. The number of anilines is 1. The monoisotopic (exact) mass is 420 g/mol. The fourth-order valence-corrected chi connectivity index (χ4v) is 2.73. The van der Waals surface area contributed by atoms with Crippen LogP contribution in [0.3, 0.4) is 0 Å². The summed E-state index contributed by atoms with van der Waals surface area (Å²) in [5.41, 5.74) is 1.69. The maximum absolute atomic E-state index is 12.8. The number of carbonyl (C=O) groups excluding carboxylic acids is 2. The van der Waals surface area contributed by atoms with Crippen LogP contribution in [0.5, 0.6) is 11.5 Å². The molecule has 0 fully saturated rings. The van der Waals surface area contributed by atoms with Crippen LogP contribution < -0.4 is 14.8 Å². The molecular formula is C24H24N2O5. The molecule has 0 aliphatic heterocycles. The van der Waals surface area contributed by atoms with Crippen molar-refractivity contribution in [2.75, 3.05) is 19.0 Å². The first-order chi connectivity index (χ1) is 15.1. The standard InChI is InChI=1S/C24H24N2O5/c1-3-11-30-20-12-19(13-21(14-20)31-16-17-7-5-4-6-8-17)23(27)26-22-10-9-18(15-25-22)24(28)29-2/h4-10,12-15H,3,11,16H2,1-2H3,(H,25,26,27). The van der Waals surface area contributed by atoms with Crippen molar-refractivity contribution < 1.29 is 23.8 Å². The van der Waals surface area contributed by atoms with Crippen LogP contribution in [-0.4, -0.2) is 30.6 Å². The van der Waals surface area contributed by atoms with Crippen LogP contribution in [-0.2, 0) is 11.3 Å². The van der Waals surface area contributed by atoms with Crippen molar-refractivity contribution in [1.82, 2.24) is 4.98 Å². The minimum atomic E-state index is -0.494. The van der Waals surface area contributed by atoms with E-state index in [0.717, 1.165) is 12.0 Å². The van der Waals surface area contributed by atoms with E-state index < -0.39 is 5.97 Å². The Labute approximate surface area is 181 Å². The number of methoxy groups -OCH3 is 1. The molecule has 1 N–H and O–H groups in total. The second-order valence-electron chi connectivity index (χ2n) is 6.69. The highest BCUT2D eigenvalue weighted by atomic mass is 16.5. The van der Waals surface area contributed by atoms with Crippen molar-refractivity contribution in [3.8, 4) is 11.5 Å². The van der Waals surface area contributed by atoms with E-state index in [2.05, 4.69) is 15.0 Å². The lowest BCUT2D eigenvalue weighted by atomic mass is 10.1. The number of aromatic nitrogens is 1. The van der Waals surface area contributed by atoms with Crippen molar-refractivity contribution in [2.24, 2.45) is 0 Å². The summed E-state index contributed by atoms with van der Waals surface area (Å²) in [4.78, 5) is 28.4. The van der Waals surface area contributed by atoms with Crippen LogP contribution in [0.4, 0.5) is 5.82 Å². The SMILES string of the molecule is CCCOc1cc(OCc2ccccc2)cc(C(=O)Nc2ccc(C(=O)OC)cn2)c1. The molecule has 31 heavy (non-hydrogen) atoms. The predicted molar refractivity (Wildman–Crippen MR) is 117 cm³/mol. The number of amides is 1. The molecule has 160 valence electrons. The van der Waals surface area contributed by atoms with Gasteiger partial charge < -0.3 is 19.5 Å². The Morgan fingerprint density at radius 3 is 2.32 bits per heavy atom. The average Bonchev–Trinajstić information content (AvgIpc) is 2.82. The molecule has 0 aliphatic carbocycles. The fraction of sp³-hybridized carbons (Fsp3) is 0.208. The van der Waals surface area contributed by atoms with Crippen LogP contribution in [0, 0.1) is 0 Å². The summed E-state index contributed by atoms with van der Waals surface area (Å²) in [6.45, 7) is 2.91. The summed E-state index contributed by atoms with van der Waals surface area (Å²) < 4.78 is 16.2. The van der Waals surface area contributed by atoms with Gasteiger partial charge in [-0.3, -0.25) is 4.79 Å². The van der Waals surface area contributed by atoms with Crippen LogP contribution >= 0.6 is 0 Å². The molecule has 0 aliphatic rings. The van der Waals surface area contributed by atoms with Gasteiger partial charge in [0.25, 0.3) is 5.91 Å². The summed E-state index contributed by atoms with van der Waals surface area (Å²) in [7, 11) is 1.29. The first-order valence-corrected chi connectivity index (χ1v) is 9.89. The van der Waals surface area contributed by atoms with Crippen molar-refractivity contribution >= 4 is 17.7 Å². The number of benzene rings is 2. The Kier molecular flexibility index (Phi) is 7.59. The number of carbonyl (C=O) groups is 2. The summed E-state index contributed by atoms with van der Waals surface area (Å²) in [6.07, 6.45) is 2.18. The summed E-state index contributed by atoms with van der Waals surface area (Å²) in [5.74, 6) is 0.517. The quantitative estimate of drug-likeness (QED) is 0.514. The Bertz CT molecular complexity index is 1020. The molecule has 0 saturated carbocycles. The largest absolute Gasteiger partial charge is 0.493 e. The lowest BCUT2D eigenvalue weighted by Crippen LogP contribution is -2.14. The molecule has 2 aromatic carbocycles.